The number of aromatic nitrogens is 4. The third kappa shape index (κ3) is 3.41. The summed E-state index contributed by atoms with van der Waals surface area (Å²) in [6, 6.07) is 5.53. The zero-order valence-electron chi connectivity index (χ0n) is 15.2. The van der Waals surface area contributed by atoms with E-state index in [2.05, 4.69) is 15.1 Å². The Hall–Kier alpha value is -2.84. The highest BCUT2D eigenvalue weighted by molar-refractivity contribution is 5.78. The van der Waals surface area contributed by atoms with Crippen LogP contribution in [-0.2, 0) is 6.67 Å². The lowest BCUT2D eigenvalue weighted by Crippen LogP contribution is -2.20. The van der Waals surface area contributed by atoms with Crippen LogP contribution in [0.3, 0.4) is 0 Å². The molecule has 1 N–H and O–H groups in total. The second-order valence-electron chi connectivity index (χ2n) is 6.40. The smallest absolute Gasteiger partial charge is 0.263 e. The summed E-state index contributed by atoms with van der Waals surface area (Å²) in [5.41, 5.74) is 0.454. The molecule has 144 valence electrons. The van der Waals surface area contributed by atoms with E-state index >= 15 is 0 Å². The van der Waals surface area contributed by atoms with Crippen LogP contribution in [0.4, 0.5) is 19.1 Å². The van der Waals surface area contributed by atoms with E-state index in [1.165, 1.54) is 16.8 Å². The van der Waals surface area contributed by atoms with Gasteiger partial charge in [0.25, 0.3) is 12.0 Å². The molecule has 0 amide bonds. The van der Waals surface area contributed by atoms with Crippen molar-refractivity contribution >= 4 is 17.0 Å². The Labute approximate surface area is 153 Å². The molecule has 2 heterocycles. The van der Waals surface area contributed by atoms with Gasteiger partial charge in [0.2, 0.25) is 5.95 Å². The number of H-pyrrole nitrogens is 1. The number of aromatic amines is 1. The summed E-state index contributed by atoms with van der Waals surface area (Å²) >= 11 is 0. The fourth-order valence-corrected chi connectivity index (χ4v) is 3.04. The van der Waals surface area contributed by atoms with Gasteiger partial charge < -0.3 is 4.90 Å². The molecule has 0 unspecified atom stereocenters. The largest absolute Gasteiger partial charge is 0.348 e. The molecule has 0 saturated carbocycles. The zero-order chi connectivity index (χ0) is 19.7. The van der Waals surface area contributed by atoms with E-state index in [1.54, 1.807) is 31.1 Å². The first-order chi connectivity index (χ1) is 12.9. The number of hydrogen-bond acceptors (Lipinski definition) is 4. The van der Waals surface area contributed by atoms with Gasteiger partial charge in [0, 0.05) is 19.7 Å². The fourth-order valence-electron chi connectivity index (χ4n) is 3.04. The first-order valence-corrected chi connectivity index (χ1v) is 8.50. The second kappa shape index (κ2) is 7.42. The van der Waals surface area contributed by atoms with E-state index < -0.39 is 18.7 Å². The molecule has 0 bridgehead atoms. The summed E-state index contributed by atoms with van der Waals surface area (Å²) in [5.74, 6) is 0.321. The van der Waals surface area contributed by atoms with Gasteiger partial charge in [0.1, 0.15) is 17.8 Å². The zero-order valence-corrected chi connectivity index (χ0v) is 15.2. The van der Waals surface area contributed by atoms with Crippen molar-refractivity contribution in [1.29, 1.82) is 0 Å². The van der Waals surface area contributed by atoms with E-state index in [0.29, 0.717) is 12.4 Å². The molecule has 0 aliphatic carbocycles. The molecule has 0 spiro atoms. The monoisotopic (exact) mass is 379 g/mol. The van der Waals surface area contributed by atoms with Crippen LogP contribution in [0.2, 0.25) is 0 Å². The van der Waals surface area contributed by atoms with Gasteiger partial charge in [0.05, 0.1) is 6.04 Å². The van der Waals surface area contributed by atoms with Crippen LogP contribution in [0.15, 0.2) is 29.1 Å². The lowest BCUT2D eigenvalue weighted by atomic mass is 10.0. The number of fused-ring (bicyclic) bond motifs is 1. The highest BCUT2D eigenvalue weighted by atomic mass is 19.3. The third-order valence-corrected chi connectivity index (χ3v) is 4.43. The minimum absolute atomic E-state index is 0.00621. The Balaban J connectivity index is 2.19. The fraction of sp³-hybridized carbons (Fsp3) is 0.389. The predicted molar refractivity (Wildman–Crippen MR) is 97.1 cm³/mol. The maximum atomic E-state index is 13.5. The van der Waals surface area contributed by atoms with Gasteiger partial charge in [-0.2, -0.15) is 10.1 Å². The number of nitrogens with zero attached hydrogens (tertiary/aromatic N) is 4. The van der Waals surface area contributed by atoms with Gasteiger partial charge in [-0.05, 0) is 12.0 Å². The summed E-state index contributed by atoms with van der Waals surface area (Å²) in [6.45, 7) is 0.991. The van der Waals surface area contributed by atoms with Crippen molar-refractivity contribution in [3.05, 3.63) is 51.4 Å². The van der Waals surface area contributed by atoms with Gasteiger partial charge in [0.15, 0.2) is 5.65 Å². The van der Waals surface area contributed by atoms with E-state index in [1.807, 2.05) is 6.92 Å². The molecule has 0 saturated heterocycles. The number of benzene rings is 1. The summed E-state index contributed by atoms with van der Waals surface area (Å²) < 4.78 is 40.6. The average molecular weight is 379 g/mol. The molecule has 3 rings (SSSR count). The topological polar surface area (TPSA) is 66.8 Å². The molecule has 6 nitrogen and oxygen atoms in total. The summed E-state index contributed by atoms with van der Waals surface area (Å²) in [5, 5.41) is 4.37. The molecule has 0 radical (unpaired) electrons. The van der Waals surface area contributed by atoms with Crippen LogP contribution >= 0.6 is 0 Å². The number of halogens is 3. The maximum Gasteiger partial charge on any atom is 0.263 e. The highest BCUT2D eigenvalue weighted by Crippen LogP contribution is 2.28. The first kappa shape index (κ1) is 18.9. The van der Waals surface area contributed by atoms with Crippen LogP contribution in [0.25, 0.3) is 11.0 Å². The lowest BCUT2D eigenvalue weighted by Gasteiger charge is -2.18. The van der Waals surface area contributed by atoms with Crippen LogP contribution in [0.5, 0.6) is 0 Å². The van der Waals surface area contributed by atoms with Gasteiger partial charge in [-0.1, -0.05) is 31.2 Å². The van der Waals surface area contributed by atoms with Gasteiger partial charge in [-0.15, -0.1) is 0 Å². The quantitative estimate of drug-likeness (QED) is 0.711. The van der Waals surface area contributed by atoms with Gasteiger partial charge >= 0.3 is 0 Å². The van der Waals surface area contributed by atoms with E-state index in [9.17, 15) is 18.0 Å². The van der Waals surface area contributed by atoms with Crippen molar-refractivity contribution in [3.63, 3.8) is 0 Å². The van der Waals surface area contributed by atoms with Crippen LogP contribution in [-0.4, -0.2) is 33.8 Å². The van der Waals surface area contributed by atoms with Crippen molar-refractivity contribution in [2.24, 2.45) is 0 Å². The van der Waals surface area contributed by atoms with Crippen LogP contribution in [0.1, 0.15) is 42.6 Å². The molecule has 3 aromatic rings. The van der Waals surface area contributed by atoms with Crippen molar-refractivity contribution in [2.75, 3.05) is 19.0 Å². The van der Waals surface area contributed by atoms with E-state index in [4.69, 9.17) is 0 Å². The molecule has 0 aliphatic rings. The molecule has 27 heavy (non-hydrogen) atoms. The minimum Gasteiger partial charge on any atom is -0.348 e. The van der Waals surface area contributed by atoms with Gasteiger partial charge in [-0.3, -0.25) is 9.78 Å². The van der Waals surface area contributed by atoms with Crippen molar-refractivity contribution in [2.45, 2.75) is 32.5 Å². The number of nitrogens with one attached hydrogen (secondary N) is 1. The highest BCUT2D eigenvalue weighted by Gasteiger charge is 2.23. The molecule has 1 atom stereocenters. The Morgan fingerprint density at radius 2 is 1.81 bits per heavy atom. The van der Waals surface area contributed by atoms with Crippen LogP contribution < -0.4 is 10.5 Å². The summed E-state index contributed by atoms with van der Waals surface area (Å²) in [7, 11) is 3.45. The Kier molecular flexibility index (Phi) is 5.20. The number of hydrogen-bond donors (Lipinski definition) is 1. The SMILES string of the molecule is CC[C@@H](c1ccc(C(F)F)cc1)n1nc(CF)c2c(=O)[nH]c(N(C)C)nc21. The Bertz CT molecular complexity index is 995. The molecule has 1 aromatic carbocycles. The minimum atomic E-state index is -2.55. The molecule has 9 heteroatoms. The molecule has 0 aliphatic heterocycles. The normalized spacial score (nSPS) is 12.7. The van der Waals surface area contributed by atoms with E-state index in [-0.39, 0.29) is 28.3 Å². The van der Waals surface area contributed by atoms with Crippen molar-refractivity contribution in [3.8, 4) is 0 Å². The maximum absolute atomic E-state index is 13.5. The molecule has 2 aromatic heterocycles. The Morgan fingerprint density at radius 3 is 2.33 bits per heavy atom. The van der Waals surface area contributed by atoms with Crippen molar-refractivity contribution in [1.82, 2.24) is 19.7 Å². The average Bonchev–Trinajstić information content (AvgIpc) is 3.02. The number of rotatable bonds is 6. The van der Waals surface area contributed by atoms with Crippen molar-refractivity contribution < 1.29 is 13.2 Å². The number of anilines is 1. The summed E-state index contributed by atoms with van der Waals surface area (Å²) in [6.07, 6.45) is -1.99. The summed E-state index contributed by atoms with van der Waals surface area (Å²) in [4.78, 5) is 21.1. The Morgan fingerprint density at radius 1 is 1.19 bits per heavy atom. The molecule has 0 fully saturated rings. The predicted octanol–water partition coefficient (Wildman–Crippen LogP) is 3.59. The third-order valence-electron chi connectivity index (χ3n) is 4.43. The molecular weight excluding hydrogens is 359 g/mol. The number of alkyl halides is 3. The van der Waals surface area contributed by atoms with Crippen LogP contribution in [0, 0.1) is 0 Å². The lowest BCUT2D eigenvalue weighted by molar-refractivity contribution is 0.151. The first-order valence-electron chi connectivity index (χ1n) is 8.50. The van der Waals surface area contributed by atoms with E-state index in [0.717, 1.165) is 5.56 Å². The second-order valence-corrected chi connectivity index (χ2v) is 6.40. The van der Waals surface area contributed by atoms with Gasteiger partial charge in [-0.25, -0.2) is 17.9 Å². The standard InChI is InChI=1S/C18H20F3N5O/c1-4-13(10-5-7-11(8-6-10)15(20)21)26-16-14(12(9-19)24-26)17(27)23-18(22-16)25(2)3/h5-8,13,15H,4,9H2,1-3H3,(H,22,23,27)/t13-/m0/s1. The molecular formula is C18H20F3N5O.